The summed E-state index contributed by atoms with van der Waals surface area (Å²) < 4.78 is 11.0. The molecule has 0 radical (unpaired) electrons. The lowest BCUT2D eigenvalue weighted by molar-refractivity contribution is 0.400. The van der Waals surface area contributed by atoms with Crippen LogP contribution in [0.3, 0.4) is 0 Å². The van der Waals surface area contributed by atoms with Crippen LogP contribution in [0.2, 0.25) is 0 Å². The molecule has 0 saturated heterocycles. The van der Waals surface area contributed by atoms with E-state index < -0.39 is 0 Å². The van der Waals surface area contributed by atoms with Crippen LogP contribution in [0.4, 0.5) is 0 Å². The zero-order chi connectivity index (χ0) is 18.5. The van der Waals surface area contributed by atoms with Gasteiger partial charge in [-0.15, -0.1) is 0 Å². The number of ether oxygens (including phenoxy) is 1. The molecule has 3 aromatic rings. The lowest BCUT2D eigenvalue weighted by Gasteiger charge is -2.24. The fourth-order valence-electron chi connectivity index (χ4n) is 2.92. The third-order valence-corrected chi connectivity index (χ3v) is 4.71. The molecule has 1 aliphatic carbocycles. The average molecular weight is 348 g/mol. The number of methoxy groups -OCH3 is 1. The van der Waals surface area contributed by atoms with Crippen LogP contribution in [0.25, 0.3) is 11.0 Å². The summed E-state index contributed by atoms with van der Waals surface area (Å²) in [5.41, 5.74) is 3.00. The van der Waals surface area contributed by atoms with E-state index in [1.165, 1.54) is 6.42 Å². The zero-order valence-corrected chi connectivity index (χ0v) is 15.2. The smallest absolute Gasteiger partial charge is 0.176 e. The third kappa shape index (κ3) is 3.85. The van der Waals surface area contributed by atoms with Gasteiger partial charge in [-0.2, -0.15) is 0 Å². The monoisotopic (exact) mass is 348 g/mol. The number of hydrogen-bond acceptors (Lipinski definition) is 4. The summed E-state index contributed by atoms with van der Waals surface area (Å²) in [5.74, 6) is 1.81. The van der Waals surface area contributed by atoms with E-state index in [-0.39, 0.29) is 0 Å². The van der Waals surface area contributed by atoms with Gasteiger partial charge in [-0.05, 0) is 37.5 Å². The van der Waals surface area contributed by atoms with Crippen molar-refractivity contribution in [1.82, 2.24) is 0 Å². The number of fused-ring (bicyclic) bond motifs is 1. The SMILES string of the molecule is CC(=N)c1ccccc1.COc1cccc2cc(C(=N)C3CCC3)oc12. The topological polar surface area (TPSA) is 70.1 Å². The first-order valence-corrected chi connectivity index (χ1v) is 8.86. The maximum Gasteiger partial charge on any atom is 0.176 e. The van der Waals surface area contributed by atoms with Crippen LogP contribution in [0.5, 0.6) is 5.75 Å². The van der Waals surface area contributed by atoms with E-state index in [1.54, 1.807) is 14.0 Å². The molecule has 0 unspecified atom stereocenters. The Hall–Kier alpha value is -2.88. The van der Waals surface area contributed by atoms with E-state index in [0.29, 0.717) is 23.1 Å². The summed E-state index contributed by atoms with van der Waals surface area (Å²) in [6.07, 6.45) is 3.47. The summed E-state index contributed by atoms with van der Waals surface area (Å²) in [7, 11) is 1.63. The van der Waals surface area contributed by atoms with Gasteiger partial charge in [0.05, 0.1) is 12.8 Å². The predicted octanol–water partition coefficient (Wildman–Crippen LogP) is 5.68. The highest BCUT2D eigenvalue weighted by atomic mass is 16.5. The van der Waals surface area contributed by atoms with Crippen molar-refractivity contribution in [3.05, 3.63) is 65.9 Å². The Kier molecular flexibility index (Phi) is 5.52. The van der Waals surface area contributed by atoms with Crippen molar-refractivity contribution in [2.75, 3.05) is 7.11 Å². The van der Waals surface area contributed by atoms with Crippen LogP contribution in [0.1, 0.15) is 37.5 Å². The summed E-state index contributed by atoms with van der Waals surface area (Å²) in [6, 6.07) is 17.4. The predicted molar refractivity (Wildman–Crippen MR) is 106 cm³/mol. The second kappa shape index (κ2) is 8.00. The molecular formula is C22H24N2O2. The lowest BCUT2D eigenvalue weighted by Crippen LogP contribution is -2.21. The van der Waals surface area contributed by atoms with Gasteiger partial charge in [0.15, 0.2) is 11.3 Å². The highest BCUT2D eigenvalue weighted by molar-refractivity contribution is 6.01. The quantitative estimate of drug-likeness (QED) is 0.595. The number of rotatable bonds is 4. The molecule has 26 heavy (non-hydrogen) atoms. The van der Waals surface area contributed by atoms with Crippen LogP contribution >= 0.6 is 0 Å². The first-order chi connectivity index (χ1) is 12.6. The van der Waals surface area contributed by atoms with Gasteiger partial charge in [0, 0.05) is 17.0 Å². The van der Waals surface area contributed by atoms with Crippen molar-refractivity contribution in [3.63, 3.8) is 0 Å². The number of hydrogen-bond donors (Lipinski definition) is 2. The Balaban J connectivity index is 0.000000185. The second-order valence-electron chi connectivity index (χ2n) is 6.52. The van der Waals surface area contributed by atoms with Crippen molar-refractivity contribution in [2.45, 2.75) is 26.2 Å². The largest absolute Gasteiger partial charge is 0.493 e. The fourth-order valence-corrected chi connectivity index (χ4v) is 2.92. The Morgan fingerprint density at radius 2 is 1.77 bits per heavy atom. The minimum atomic E-state index is 0.390. The summed E-state index contributed by atoms with van der Waals surface area (Å²) in [5, 5.41) is 16.4. The van der Waals surface area contributed by atoms with E-state index in [2.05, 4.69) is 0 Å². The molecule has 4 heteroatoms. The van der Waals surface area contributed by atoms with Crippen molar-refractivity contribution < 1.29 is 9.15 Å². The molecule has 0 atom stereocenters. The molecule has 0 aliphatic heterocycles. The Morgan fingerprint density at radius 1 is 1.04 bits per heavy atom. The highest BCUT2D eigenvalue weighted by Crippen LogP contribution is 2.33. The molecule has 0 amide bonds. The van der Waals surface area contributed by atoms with Gasteiger partial charge in [-0.25, -0.2) is 0 Å². The summed E-state index contributed by atoms with van der Waals surface area (Å²) in [4.78, 5) is 0. The van der Waals surface area contributed by atoms with Crippen molar-refractivity contribution >= 4 is 22.4 Å². The first-order valence-electron chi connectivity index (χ1n) is 8.86. The van der Waals surface area contributed by atoms with Crippen LogP contribution in [0.15, 0.2) is 59.0 Å². The van der Waals surface area contributed by atoms with E-state index in [1.807, 2.05) is 54.6 Å². The average Bonchev–Trinajstić information content (AvgIpc) is 3.06. The Morgan fingerprint density at radius 3 is 2.31 bits per heavy atom. The second-order valence-corrected chi connectivity index (χ2v) is 6.52. The van der Waals surface area contributed by atoms with E-state index in [0.717, 1.165) is 35.1 Å². The summed E-state index contributed by atoms with van der Waals surface area (Å²) in [6.45, 7) is 1.79. The van der Waals surface area contributed by atoms with Crippen molar-refractivity contribution in [1.29, 1.82) is 10.8 Å². The highest BCUT2D eigenvalue weighted by Gasteiger charge is 2.25. The van der Waals surface area contributed by atoms with Crippen molar-refractivity contribution in [3.8, 4) is 5.75 Å². The number of nitrogens with one attached hydrogen (secondary N) is 2. The molecule has 4 rings (SSSR count). The molecule has 1 aromatic heterocycles. The van der Waals surface area contributed by atoms with Gasteiger partial charge < -0.3 is 20.0 Å². The van der Waals surface area contributed by atoms with Crippen LogP contribution < -0.4 is 4.74 Å². The lowest BCUT2D eigenvalue weighted by atomic mass is 9.81. The zero-order valence-electron chi connectivity index (χ0n) is 15.2. The molecule has 1 heterocycles. The van der Waals surface area contributed by atoms with Gasteiger partial charge in [0.25, 0.3) is 0 Å². The van der Waals surface area contributed by atoms with Gasteiger partial charge in [-0.3, -0.25) is 0 Å². The number of benzene rings is 2. The molecule has 1 fully saturated rings. The molecule has 0 bridgehead atoms. The molecule has 1 saturated carbocycles. The van der Waals surface area contributed by atoms with Crippen LogP contribution in [0, 0.1) is 16.7 Å². The molecule has 2 N–H and O–H groups in total. The minimum Gasteiger partial charge on any atom is -0.493 e. The Bertz CT molecular complexity index is 908. The normalized spacial score (nSPS) is 13.5. The van der Waals surface area contributed by atoms with E-state index in [9.17, 15) is 0 Å². The van der Waals surface area contributed by atoms with E-state index in [4.69, 9.17) is 20.0 Å². The third-order valence-electron chi connectivity index (χ3n) is 4.71. The van der Waals surface area contributed by atoms with Gasteiger partial charge in [0.1, 0.15) is 5.76 Å². The maximum absolute atomic E-state index is 8.11. The molecule has 4 nitrogen and oxygen atoms in total. The van der Waals surface area contributed by atoms with Gasteiger partial charge >= 0.3 is 0 Å². The number of furan rings is 1. The standard InChI is InChI=1S/C14H15NO2.C8H9N/c1-16-11-7-3-6-10-8-12(17-14(10)11)13(15)9-4-2-5-9;1-7(9)8-5-3-2-4-6-8/h3,6-9,15H,2,4-5H2,1H3;2-6,9H,1H3. The fraction of sp³-hybridized carbons (Fsp3) is 0.273. The molecule has 2 aromatic carbocycles. The molecule has 0 spiro atoms. The number of para-hydroxylation sites is 1. The Labute approximate surface area is 153 Å². The van der Waals surface area contributed by atoms with Crippen LogP contribution in [-0.2, 0) is 0 Å². The van der Waals surface area contributed by atoms with E-state index >= 15 is 0 Å². The van der Waals surface area contributed by atoms with Crippen LogP contribution in [-0.4, -0.2) is 18.5 Å². The van der Waals surface area contributed by atoms with Gasteiger partial charge in [0.2, 0.25) is 0 Å². The first kappa shape index (κ1) is 17.9. The molecule has 134 valence electrons. The summed E-state index contributed by atoms with van der Waals surface area (Å²) >= 11 is 0. The van der Waals surface area contributed by atoms with Crippen molar-refractivity contribution in [2.24, 2.45) is 5.92 Å². The minimum absolute atomic E-state index is 0.390. The maximum atomic E-state index is 8.11. The molecule has 1 aliphatic rings. The van der Waals surface area contributed by atoms with Gasteiger partial charge in [-0.1, -0.05) is 48.9 Å². The molecular weight excluding hydrogens is 324 g/mol.